The maximum absolute atomic E-state index is 11.4. The van der Waals surface area contributed by atoms with Gasteiger partial charge in [0, 0.05) is 5.38 Å². The number of anilines is 1. The van der Waals surface area contributed by atoms with Crippen LogP contribution in [0.1, 0.15) is 18.2 Å². The van der Waals surface area contributed by atoms with Crippen molar-refractivity contribution in [2.24, 2.45) is 5.10 Å². The number of ether oxygens (including phenoxy) is 3. The topological polar surface area (TPSA) is 119 Å². The van der Waals surface area contributed by atoms with Crippen molar-refractivity contribution < 1.29 is 28.9 Å². The number of carboxylic acids is 1. The molecule has 0 atom stereocenters. The maximum atomic E-state index is 11.4. The molecule has 9 nitrogen and oxygen atoms in total. The Bertz CT molecular complexity index is 821. The molecular weight excluding hydrogens is 374 g/mol. The number of aliphatic carboxylic acids is 1. The Morgan fingerprint density at radius 1 is 1.37 bits per heavy atom. The van der Waals surface area contributed by atoms with E-state index in [0.717, 1.165) is 0 Å². The van der Waals surface area contributed by atoms with Gasteiger partial charge in [0.15, 0.2) is 18.1 Å². The highest BCUT2D eigenvalue weighted by atomic mass is 32.1. The molecule has 2 aromatic rings. The normalized spacial score (nSPS) is 10.6. The molecule has 0 bridgehead atoms. The number of nitrogens with zero attached hydrogens (tertiary/aromatic N) is 2. The van der Waals surface area contributed by atoms with E-state index in [0.29, 0.717) is 34.5 Å². The zero-order valence-corrected chi connectivity index (χ0v) is 15.6. The van der Waals surface area contributed by atoms with Gasteiger partial charge in [0.2, 0.25) is 5.13 Å². The molecule has 1 aromatic heterocycles. The van der Waals surface area contributed by atoms with Gasteiger partial charge >= 0.3 is 11.9 Å². The van der Waals surface area contributed by atoms with E-state index in [1.54, 1.807) is 30.5 Å². The van der Waals surface area contributed by atoms with E-state index in [4.69, 9.17) is 19.3 Å². The van der Waals surface area contributed by atoms with E-state index in [2.05, 4.69) is 15.5 Å². The number of aromatic nitrogens is 1. The van der Waals surface area contributed by atoms with Crippen LogP contribution < -0.4 is 14.9 Å². The van der Waals surface area contributed by atoms with E-state index >= 15 is 0 Å². The highest BCUT2D eigenvalue weighted by Crippen LogP contribution is 2.27. The summed E-state index contributed by atoms with van der Waals surface area (Å²) in [5.41, 5.74) is 4.05. The van der Waals surface area contributed by atoms with Gasteiger partial charge in [-0.3, -0.25) is 10.2 Å². The lowest BCUT2D eigenvalue weighted by Crippen LogP contribution is -2.10. The molecule has 0 fully saturated rings. The predicted molar refractivity (Wildman–Crippen MR) is 99.8 cm³/mol. The van der Waals surface area contributed by atoms with Crippen molar-refractivity contribution in [1.29, 1.82) is 0 Å². The van der Waals surface area contributed by atoms with Crippen LogP contribution in [-0.2, 0) is 20.7 Å². The van der Waals surface area contributed by atoms with Crippen LogP contribution in [0.5, 0.6) is 11.5 Å². The summed E-state index contributed by atoms with van der Waals surface area (Å²) in [7, 11) is 1.47. The molecular formula is C17H19N3O6S. The molecule has 0 amide bonds. The van der Waals surface area contributed by atoms with E-state index in [1.807, 2.05) is 0 Å². The third-order valence-electron chi connectivity index (χ3n) is 3.10. The maximum Gasteiger partial charge on any atom is 0.341 e. The molecule has 2 N–H and O–H groups in total. The molecule has 0 aliphatic heterocycles. The number of rotatable bonds is 10. The summed E-state index contributed by atoms with van der Waals surface area (Å²) in [5.74, 6) is -0.690. The number of carbonyl (C=O) groups is 2. The molecule has 27 heavy (non-hydrogen) atoms. The number of nitrogens with one attached hydrogen (secondary N) is 1. The van der Waals surface area contributed by atoms with Crippen molar-refractivity contribution in [2.45, 2.75) is 13.3 Å². The fourth-order valence-electron chi connectivity index (χ4n) is 1.99. The number of carboxylic acid groups (broad SMARTS) is 1. The summed E-state index contributed by atoms with van der Waals surface area (Å²) in [6.07, 6.45) is 1.64. The Balaban J connectivity index is 1.97. The highest BCUT2D eigenvalue weighted by Gasteiger charge is 2.09. The first-order chi connectivity index (χ1) is 13.0. The lowest BCUT2D eigenvalue weighted by Gasteiger charge is -2.09. The number of carbonyl (C=O) groups excluding carboxylic acids is 1. The van der Waals surface area contributed by atoms with Crippen LogP contribution in [0.2, 0.25) is 0 Å². The fourth-order valence-corrected chi connectivity index (χ4v) is 2.65. The SMILES string of the molecule is CCOC(=O)Cc1csc(NN=Cc2ccc(OC)c(OCC(=O)O)c2)n1. The average molecular weight is 393 g/mol. The number of thiazole rings is 1. The first-order valence-corrected chi connectivity index (χ1v) is 8.81. The molecule has 1 heterocycles. The highest BCUT2D eigenvalue weighted by molar-refractivity contribution is 7.13. The summed E-state index contributed by atoms with van der Waals surface area (Å²) in [4.78, 5) is 26.3. The molecule has 0 radical (unpaired) electrons. The minimum absolute atomic E-state index is 0.110. The fraction of sp³-hybridized carbons (Fsp3) is 0.294. The van der Waals surface area contributed by atoms with Gasteiger partial charge in [-0.25, -0.2) is 9.78 Å². The van der Waals surface area contributed by atoms with E-state index in [1.165, 1.54) is 24.7 Å². The van der Waals surface area contributed by atoms with Crippen LogP contribution in [0.15, 0.2) is 28.7 Å². The molecule has 0 saturated heterocycles. The molecule has 0 spiro atoms. The molecule has 144 valence electrons. The molecule has 0 aliphatic rings. The van der Waals surface area contributed by atoms with Gasteiger partial charge in [0.1, 0.15) is 0 Å². The number of benzene rings is 1. The Morgan fingerprint density at radius 2 is 2.19 bits per heavy atom. The number of esters is 1. The van der Waals surface area contributed by atoms with Crippen molar-refractivity contribution in [3.8, 4) is 11.5 Å². The lowest BCUT2D eigenvalue weighted by molar-refractivity contribution is -0.142. The van der Waals surface area contributed by atoms with Crippen molar-refractivity contribution in [3.63, 3.8) is 0 Å². The number of hydrazone groups is 1. The smallest absolute Gasteiger partial charge is 0.341 e. The summed E-state index contributed by atoms with van der Waals surface area (Å²) >= 11 is 1.31. The molecule has 0 aliphatic carbocycles. The van der Waals surface area contributed by atoms with Crippen LogP contribution >= 0.6 is 11.3 Å². The Morgan fingerprint density at radius 3 is 2.89 bits per heavy atom. The minimum Gasteiger partial charge on any atom is -0.493 e. The van der Waals surface area contributed by atoms with E-state index < -0.39 is 12.6 Å². The molecule has 2 rings (SSSR count). The zero-order valence-electron chi connectivity index (χ0n) is 14.8. The number of methoxy groups -OCH3 is 1. The molecule has 1 aromatic carbocycles. The van der Waals surface area contributed by atoms with Crippen LogP contribution in [0.4, 0.5) is 5.13 Å². The Hall–Kier alpha value is -3.14. The average Bonchev–Trinajstić information content (AvgIpc) is 3.07. The van der Waals surface area contributed by atoms with Crippen molar-refractivity contribution in [2.75, 3.05) is 25.7 Å². The molecule has 0 unspecified atom stereocenters. The van der Waals surface area contributed by atoms with Gasteiger partial charge in [0.25, 0.3) is 0 Å². The minimum atomic E-state index is -1.08. The van der Waals surface area contributed by atoms with Gasteiger partial charge in [-0.1, -0.05) is 0 Å². The van der Waals surface area contributed by atoms with Crippen LogP contribution in [0.3, 0.4) is 0 Å². The number of hydrogen-bond donors (Lipinski definition) is 2. The summed E-state index contributed by atoms with van der Waals surface area (Å²) in [5, 5.41) is 15.1. The Kier molecular flexibility index (Phi) is 7.56. The third-order valence-corrected chi connectivity index (χ3v) is 3.89. The largest absolute Gasteiger partial charge is 0.493 e. The number of hydrogen-bond acceptors (Lipinski definition) is 9. The summed E-state index contributed by atoms with van der Waals surface area (Å²) < 4.78 is 15.2. The van der Waals surface area contributed by atoms with Gasteiger partial charge < -0.3 is 19.3 Å². The first kappa shape index (κ1) is 20.2. The van der Waals surface area contributed by atoms with Gasteiger partial charge in [-0.15, -0.1) is 11.3 Å². The van der Waals surface area contributed by atoms with Crippen molar-refractivity contribution in [1.82, 2.24) is 4.98 Å². The van der Waals surface area contributed by atoms with E-state index in [-0.39, 0.29) is 12.4 Å². The van der Waals surface area contributed by atoms with Crippen LogP contribution in [0, 0.1) is 0 Å². The van der Waals surface area contributed by atoms with Crippen molar-refractivity contribution >= 4 is 34.6 Å². The van der Waals surface area contributed by atoms with Gasteiger partial charge in [0.05, 0.1) is 32.0 Å². The quantitative estimate of drug-likeness (QED) is 0.358. The predicted octanol–water partition coefficient (Wildman–Crippen LogP) is 2.17. The summed E-state index contributed by atoms with van der Waals surface area (Å²) in [6.45, 7) is 1.61. The second-order valence-electron chi connectivity index (χ2n) is 5.09. The van der Waals surface area contributed by atoms with Crippen LogP contribution in [0.25, 0.3) is 0 Å². The standard InChI is InChI=1S/C17H19N3O6S/c1-3-25-16(23)7-12-10-27-17(19-12)20-18-8-11-4-5-13(24-2)14(6-11)26-9-15(21)22/h4-6,8,10H,3,7,9H2,1-2H3,(H,19,20)(H,21,22). The molecule has 10 heteroatoms. The Labute approximate surface area is 159 Å². The second kappa shape index (κ2) is 10.1. The van der Waals surface area contributed by atoms with Crippen LogP contribution in [-0.4, -0.2) is 48.6 Å². The molecule has 0 saturated carbocycles. The van der Waals surface area contributed by atoms with Gasteiger partial charge in [-0.2, -0.15) is 5.10 Å². The van der Waals surface area contributed by atoms with Gasteiger partial charge in [-0.05, 0) is 30.7 Å². The summed E-state index contributed by atoms with van der Waals surface area (Å²) in [6, 6.07) is 5.01. The zero-order chi connectivity index (χ0) is 19.6. The lowest BCUT2D eigenvalue weighted by atomic mass is 10.2. The second-order valence-corrected chi connectivity index (χ2v) is 5.95. The third kappa shape index (κ3) is 6.59. The van der Waals surface area contributed by atoms with E-state index in [9.17, 15) is 9.59 Å². The van der Waals surface area contributed by atoms with Crippen molar-refractivity contribution in [3.05, 3.63) is 34.8 Å². The first-order valence-electron chi connectivity index (χ1n) is 7.93. The monoisotopic (exact) mass is 393 g/mol.